The van der Waals surface area contributed by atoms with Crippen molar-refractivity contribution in [3.05, 3.63) is 77.1 Å². The van der Waals surface area contributed by atoms with Crippen molar-refractivity contribution in [1.29, 1.82) is 5.26 Å². The highest BCUT2D eigenvalue weighted by Crippen LogP contribution is 2.30. The van der Waals surface area contributed by atoms with E-state index in [4.69, 9.17) is 0 Å². The van der Waals surface area contributed by atoms with Crippen molar-refractivity contribution >= 4 is 5.78 Å². The highest BCUT2D eigenvalue weighted by Gasteiger charge is 2.31. The first kappa shape index (κ1) is 17.1. The summed E-state index contributed by atoms with van der Waals surface area (Å²) in [5.74, 6) is -1.65. The number of carbonyl (C=O) groups is 1. The Balaban J connectivity index is 1.80. The standard InChI is InChI=1S/C21H17FN4O/c22-14-8-10-15(11-9-14)26-19-7-2-1-5-16(19)20(25-26)21(27)17(13-23)18-6-3-4-12-24-18/h3-4,6,8-12,17H,1-2,5,7H2. The lowest BCUT2D eigenvalue weighted by Gasteiger charge is -2.14. The lowest BCUT2D eigenvalue weighted by molar-refractivity contribution is 0.0971. The Bertz CT molecular complexity index is 1020. The summed E-state index contributed by atoms with van der Waals surface area (Å²) in [6.07, 6.45) is 5.10. The van der Waals surface area contributed by atoms with E-state index in [1.54, 1.807) is 41.2 Å². The number of ketones is 1. The third kappa shape index (κ3) is 3.13. The van der Waals surface area contributed by atoms with Gasteiger partial charge in [0.15, 0.2) is 5.92 Å². The van der Waals surface area contributed by atoms with E-state index in [1.807, 2.05) is 0 Å². The number of hydrogen-bond donors (Lipinski definition) is 0. The molecule has 2 aromatic heterocycles. The second kappa shape index (κ2) is 7.12. The molecule has 3 aromatic rings. The zero-order chi connectivity index (χ0) is 18.8. The largest absolute Gasteiger partial charge is 0.290 e. The molecule has 0 fully saturated rings. The summed E-state index contributed by atoms with van der Waals surface area (Å²) in [6.45, 7) is 0. The Kier molecular flexibility index (Phi) is 4.51. The third-order valence-corrected chi connectivity index (χ3v) is 4.86. The van der Waals surface area contributed by atoms with Crippen molar-refractivity contribution in [2.24, 2.45) is 0 Å². The van der Waals surface area contributed by atoms with Crippen LogP contribution in [0.2, 0.25) is 0 Å². The molecule has 1 aliphatic rings. The van der Waals surface area contributed by atoms with Gasteiger partial charge in [-0.15, -0.1) is 0 Å². The molecular formula is C21H17FN4O. The lowest BCUT2D eigenvalue weighted by atomic mass is 9.90. The van der Waals surface area contributed by atoms with Crippen molar-refractivity contribution in [2.75, 3.05) is 0 Å². The van der Waals surface area contributed by atoms with E-state index < -0.39 is 5.92 Å². The van der Waals surface area contributed by atoms with Gasteiger partial charge >= 0.3 is 0 Å². The van der Waals surface area contributed by atoms with Gasteiger partial charge in [-0.1, -0.05) is 6.07 Å². The third-order valence-electron chi connectivity index (χ3n) is 4.86. The van der Waals surface area contributed by atoms with Gasteiger partial charge in [0, 0.05) is 17.5 Å². The maximum absolute atomic E-state index is 13.3. The van der Waals surface area contributed by atoms with Gasteiger partial charge in [-0.3, -0.25) is 9.78 Å². The van der Waals surface area contributed by atoms with Crippen molar-refractivity contribution in [3.8, 4) is 11.8 Å². The van der Waals surface area contributed by atoms with Crippen LogP contribution in [-0.2, 0) is 12.8 Å². The second-order valence-electron chi connectivity index (χ2n) is 6.55. The molecule has 1 atom stereocenters. The number of rotatable bonds is 4. The lowest BCUT2D eigenvalue weighted by Crippen LogP contribution is -2.15. The number of Topliss-reactive ketones (excluding diaryl/α,β-unsaturated/α-hetero) is 1. The minimum absolute atomic E-state index is 0.323. The second-order valence-corrected chi connectivity index (χ2v) is 6.55. The number of aromatic nitrogens is 3. The summed E-state index contributed by atoms with van der Waals surface area (Å²) < 4.78 is 15.0. The number of hydrogen-bond acceptors (Lipinski definition) is 4. The van der Waals surface area contributed by atoms with E-state index in [0.717, 1.165) is 36.9 Å². The van der Waals surface area contributed by atoms with Crippen molar-refractivity contribution in [1.82, 2.24) is 14.8 Å². The van der Waals surface area contributed by atoms with Crippen LogP contribution in [0.25, 0.3) is 5.69 Å². The first-order chi connectivity index (χ1) is 13.2. The smallest absolute Gasteiger partial charge is 0.206 e. The van der Waals surface area contributed by atoms with Crippen molar-refractivity contribution in [3.63, 3.8) is 0 Å². The van der Waals surface area contributed by atoms with Crippen LogP contribution < -0.4 is 0 Å². The Hall–Kier alpha value is -3.33. The summed E-state index contributed by atoms with van der Waals surface area (Å²) in [7, 11) is 0. The number of carbonyl (C=O) groups excluding carboxylic acids is 1. The molecule has 5 nitrogen and oxygen atoms in total. The highest BCUT2D eigenvalue weighted by atomic mass is 19.1. The molecule has 27 heavy (non-hydrogen) atoms. The fourth-order valence-electron chi connectivity index (χ4n) is 3.54. The maximum atomic E-state index is 13.3. The zero-order valence-electron chi connectivity index (χ0n) is 14.6. The van der Waals surface area contributed by atoms with Gasteiger partial charge in [0.25, 0.3) is 0 Å². The minimum atomic E-state index is -0.992. The average molecular weight is 360 g/mol. The Labute approximate surface area is 156 Å². The van der Waals surface area contributed by atoms with Crippen LogP contribution in [0.4, 0.5) is 4.39 Å². The summed E-state index contributed by atoms with van der Waals surface area (Å²) in [4.78, 5) is 17.3. The van der Waals surface area contributed by atoms with Crippen molar-refractivity contribution < 1.29 is 9.18 Å². The SMILES string of the molecule is N#CC(C(=O)c1nn(-c2ccc(F)cc2)c2c1CCCC2)c1ccccn1. The van der Waals surface area contributed by atoms with E-state index in [0.29, 0.717) is 17.1 Å². The Morgan fingerprint density at radius 2 is 1.93 bits per heavy atom. The van der Waals surface area contributed by atoms with E-state index in [1.165, 1.54) is 12.1 Å². The van der Waals surface area contributed by atoms with E-state index in [9.17, 15) is 14.4 Å². The fraction of sp³-hybridized carbons (Fsp3) is 0.238. The topological polar surface area (TPSA) is 71.6 Å². The minimum Gasteiger partial charge on any atom is -0.290 e. The summed E-state index contributed by atoms with van der Waals surface area (Å²) in [5, 5.41) is 14.1. The number of nitrogens with zero attached hydrogens (tertiary/aromatic N) is 4. The molecule has 1 aliphatic carbocycles. The maximum Gasteiger partial charge on any atom is 0.206 e. The van der Waals surface area contributed by atoms with Crippen molar-refractivity contribution in [2.45, 2.75) is 31.6 Å². The summed E-state index contributed by atoms with van der Waals surface area (Å²) in [6, 6.07) is 13.3. The van der Waals surface area contributed by atoms with Crippen LogP contribution in [0.1, 0.15) is 46.2 Å². The molecule has 4 rings (SSSR count). The average Bonchev–Trinajstić information content (AvgIpc) is 3.10. The molecule has 134 valence electrons. The Morgan fingerprint density at radius 3 is 2.63 bits per heavy atom. The molecule has 6 heteroatoms. The first-order valence-electron chi connectivity index (χ1n) is 8.90. The van der Waals surface area contributed by atoms with Crippen LogP contribution in [0.5, 0.6) is 0 Å². The fourth-order valence-corrected chi connectivity index (χ4v) is 3.54. The Morgan fingerprint density at radius 1 is 1.15 bits per heavy atom. The van der Waals surface area contributed by atoms with Gasteiger partial charge in [-0.25, -0.2) is 9.07 Å². The number of benzene rings is 1. The molecule has 0 saturated carbocycles. The number of fused-ring (bicyclic) bond motifs is 1. The van der Waals surface area contributed by atoms with Gasteiger partial charge in [0.1, 0.15) is 11.5 Å². The molecule has 0 radical (unpaired) electrons. The van der Waals surface area contributed by atoms with Gasteiger partial charge < -0.3 is 0 Å². The van der Waals surface area contributed by atoms with Gasteiger partial charge in [0.2, 0.25) is 5.78 Å². The molecule has 0 saturated heterocycles. The van der Waals surface area contributed by atoms with Crippen LogP contribution >= 0.6 is 0 Å². The summed E-state index contributed by atoms with van der Waals surface area (Å²) in [5.41, 5.74) is 3.32. The molecule has 2 heterocycles. The molecule has 0 spiro atoms. The van der Waals surface area contributed by atoms with Gasteiger partial charge in [-0.2, -0.15) is 10.4 Å². The molecule has 0 amide bonds. The zero-order valence-corrected chi connectivity index (χ0v) is 14.6. The number of nitriles is 1. The van der Waals surface area contributed by atoms with E-state index >= 15 is 0 Å². The highest BCUT2D eigenvalue weighted by molar-refractivity contribution is 6.02. The van der Waals surface area contributed by atoms with Crippen LogP contribution in [0, 0.1) is 17.1 Å². The van der Waals surface area contributed by atoms with E-state index in [2.05, 4.69) is 16.2 Å². The molecule has 1 aromatic carbocycles. The number of pyridine rings is 1. The molecule has 1 unspecified atom stereocenters. The monoisotopic (exact) mass is 360 g/mol. The normalized spacial score (nSPS) is 14.2. The summed E-state index contributed by atoms with van der Waals surface area (Å²) >= 11 is 0. The van der Waals surface area contributed by atoms with E-state index in [-0.39, 0.29) is 11.6 Å². The predicted molar refractivity (Wildman–Crippen MR) is 97.1 cm³/mol. The van der Waals surface area contributed by atoms with Gasteiger partial charge in [0.05, 0.1) is 17.5 Å². The molecule has 0 N–H and O–H groups in total. The quantitative estimate of drug-likeness (QED) is 0.664. The molecule has 0 aliphatic heterocycles. The molecule has 0 bridgehead atoms. The van der Waals surface area contributed by atoms with Gasteiger partial charge in [-0.05, 0) is 62.1 Å². The van der Waals surface area contributed by atoms with Crippen LogP contribution in [-0.4, -0.2) is 20.5 Å². The molecular weight excluding hydrogens is 343 g/mol. The predicted octanol–water partition coefficient (Wildman–Crippen LogP) is 3.78. The first-order valence-corrected chi connectivity index (χ1v) is 8.90. The number of halogens is 1. The van der Waals surface area contributed by atoms with Crippen LogP contribution in [0.15, 0.2) is 48.7 Å². The van der Waals surface area contributed by atoms with Crippen LogP contribution in [0.3, 0.4) is 0 Å².